The molecular weight excluding hydrogens is 280 g/mol. The molecule has 20 heavy (non-hydrogen) atoms. The van der Waals surface area contributed by atoms with Crippen LogP contribution < -0.4 is 5.32 Å². The summed E-state index contributed by atoms with van der Waals surface area (Å²) in [6, 6.07) is -0.220. The predicted molar refractivity (Wildman–Crippen MR) is 74.6 cm³/mol. The first-order chi connectivity index (χ1) is 9.41. The van der Waals surface area contributed by atoms with Gasteiger partial charge in [0.1, 0.15) is 5.00 Å². The van der Waals surface area contributed by atoms with E-state index < -0.39 is 11.4 Å². The smallest absolute Gasteiger partial charge is 0.322 e. The average Bonchev–Trinajstić information content (AvgIpc) is 2.91. The van der Waals surface area contributed by atoms with Gasteiger partial charge in [-0.1, -0.05) is 4.49 Å². The van der Waals surface area contributed by atoms with Crippen molar-refractivity contribution in [3.63, 3.8) is 0 Å². The molecule has 1 saturated heterocycles. The van der Waals surface area contributed by atoms with Gasteiger partial charge in [-0.05, 0) is 32.6 Å². The van der Waals surface area contributed by atoms with E-state index in [0.29, 0.717) is 18.1 Å². The lowest BCUT2D eigenvalue weighted by Crippen LogP contribution is -2.48. The lowest BCUT2D eigenvalue weighted by molar-refractivity contribution is -0.151. The van der Waals surface area contributed by atoms with Crippen molar-refractivity contribution in [3.8, 4) is 0 Å². The van der Waals surface area contributed by atoms with Gasteiger partial charge in [-0.25, -0.2) is 4.79 Å². The van der Waals surface area contributed by atoms with Gasteiger partial charge in [0.25, 0.3) is 0 Å². The number of carbonyl (C=O) groups excluding carboxylic acids is 1. The number of rotatable bonds is 3. The first-order valence-corrected chi connectivity index (χ1v) is 7.25. The first-order valence-electron chi connectivity index (χ1n) is 6.48. The molecule has 1 fully saturated rings. The molecule has 7 nitrogen and oxygen atoms in total. The van der Waals surface area contributed by atoms with Crippen LogP contribution in [0.5, 0.6) is 0 Å². The number of carboxylic acid groups (broad SMARTS) is 1. The molecular formula is C12H18N4O3S. The van der Waals surface area contributed by atoms with Crippen molar-refractivity contribution in [1.29, 1.82) is 0 Å². The number of aromatic nitrogens is 2. The van der Waals surface area contributed by atoms with Crippen molar-refractivity contribution in [2.75, 3.05) is 18.4 Å². The molecule has 2 rings (SSSR count). The van der Waals surface area contributed by atoms with Crippen LogP contribution in [0.3, 0.4) is 0 Å². The number of aliphatic carboxylic acids is 1. The lowest BCUT2D eigenvalue weighted by Gasteiger charge is -2.39. The Morgan fingerprint density at radius 1 is 1.55 bits per heavy atom. The third-order valence-corrected chi connectivity index (χ3v) is 4.45. The number of nitrogens with zero attached hydrogens (tertiary/aromatic N) is 3. The molecule has 1 unspecified atom stereocenters. The fourth-order valence-electron chi connectivity index (χ4n) is 2.33. The zero-order valence-corrected chi connectivity index (χ0v) is 12.3. The standard InChI is InChI=1S/C12H18N4O3S/c1-12(2,10(17)18)8-4-3-5-16(7-8)11(19)14-9-6-13-15-20-9/h6,8H,3-5,7H2,1-2H3,(H,14,19)(H,17,18). The van der Waals surface area contributed by atoms with E-state index in [1.54, 1.807) is 18.7 Å². The van der Waals surface area contributed by atoms with Gasteiger partial charge < -0.3 is 10.0 Å². The van der Waals surface area contributed by atoms with E-state index in [4.69, 9.17) is 0 Å². The summed E-state index contributed by atoms with van der Waals surface area (Å²) in [4.78, 5) is 25.1. The summed E-state index contributed by atoms with van der Waals surface area (Å²) < 4.78 is 3.68. The maximum atomic E-state index is 12.1. The summed E-state index contributed by atoms with van der Waals surface area (Å²) in [5.74, 6) is -0.865. The second-order valence-electron chi connectivity index (χ2n) is 5.52. The molecule has 0 saturated carbocycles. The monoisotopic (exact) mass is 298 g/mol. The van der Waals surface area contributed by atoms with Crippen LogP contribution in [-0.4, -0.2) is 44.7 Å². The fraction of sp³-hybridized carbons (Fsp3) is 0.667. The molecule has 1 aromatic heterocycles. The van der Waals surface area contributed by atoms with Gasteiger partial charge in [-0.15, -0.1) is 5.10 Å². The quantitative estimate of drug-likeness (QED) is 0.888. The number of anilines is 1. The van der Waals surface area contributed by atoms with Gasteiger partial charge >= 0.3 is 12.0 Å². The van der Waals surface area contributed by atoms with E-state index >= 15 is 0 Å². The Morgan fingerprint density at radius 2 is 2.30 bits per heavy atom. The summed E-state index contributed by atoms with van der Waals surface area (Å²) in [6.45, 7) is 4.53. The Kier molecular flexibility index (Phi) is 4.22. The van der Waals surface area contributed by atoms with Crippen LogP contribution in [0.2, 0.25) is 0 Å². The predicted octanol–water partition coefficient (Wildman–Crippen LogP) is 1.89. The number of hydrogen-bond acceptors (Lipinski definition) is 5. The van der Waals surface area contributed by atoms with Crippen molar-refractivity contribution < 1.29 is 14.7 Å². The van der Waals surface area contributed by atoms with Crippen LogP contribution >= 0.6 is 11.5 Å². The van der Waals surface area contributed by atoms with Crippen molar-refractivity contribution in [2.45, 2.75) is 26.7 Å². The summed E-state index contributed by atoms with van der Waals surface area (Å²) in [5.41, 5.74) is -0.828. The highest BCUT2D eigenvalue weighted by molar-refractivity contribution is 7.10. The number of urea groups is 1. The molecule has 1 aromatic rings. The van der Waals surface area contributed by atoms with E-state index in [-0.39, 0.29) is 11.9 Å². The van der Waals surface area contributed by atoms with Crippen LogP contribution in [0.15, 0.2) is 6.20 Å². The number of likely N-dealkylation sites (tertiary alicyclic amines) is 1. The van der Waals surface area contributed by atoms with Crippen LogP contribution in [0.25, 0.3) is 0 Å². The summed E-state index contributed by atoms with van der Waals surface area (Å²) in [7, 11) is 0. The normalized spacial score (nSPS) is 19.7. The number of piperidine rings is 1. The molecule has 0 spiro atoms. The van der Waals surface area contributed by atoms with Gasteiger partial charge in [0.2, 0.25) is 0 Å². The van der Waals surface area contributed by atoms with Crippen molar-refractivity contribution in [2.24, 2.45) is 11.3 Å². The Hall–Kier alpha value is -1.70. The van der Waals surface area contributed by atoms with E-state index in [0.717, 1.165) is 24.4 Å². The molecule has 0 radical (unpaired) electrons. The molecule has 0 bridgehead atoms. The first kappa shape index (κ1) is 14.7. The highest BCUT2D eigenvalue weighted by Gasteiger charge is 2.40. The molecule has 0 aromatic carbocycles. The van der Waals surface area contributed by atoms with Gasteiger partial charge in [0.15, 0.2) is 0 Å². The third-order valence-electron chi connectivity index (χ3n) is 3.87. The van der Waals surface area contributed by atoms with Crippen LogP contribution in [0, 0.1) is 11.3 Å². The van der Waals surface area contributed by atoms with Crippen molar-refractivity contribution >= 4 is 28.5 Å². The zero-order chi connectivity index (χ0) is 14.8. The second-order valence-corrected chi connectivity index (χ2v) is 6.31. The summed E-state index contributed by atoms with van der Waals surface area (Å²) in [5, 5.41) is 16.3. The summed E-state index contributed by atoms with van der Waals surface area (Å²) in [6.07, 6.45) is 3.13. The minimum atomic E-state index is -0.828. The maximum Gasteiger partial charge on any atom is 0.322 e. The van der Waals surface area contributed by atoms with E-state index in [1.165, 1.54) is 6.20 Å². The summed E-state index contributed by atoms with van der Waals surface area (Å²) >= 11 is 1.11. The van der Waals surface area contributed by atoms with Crippen LogP contribution in [0.1, 0.15) is 26.7 Å². The number of hydrogen-bond donors (Lipinski definition) is 2. The molecule has 1 atom stereocenters. The number of nitrogens with one attached hydrogen (secondary N) is 1. The van der Waals surface area contributed by atoms with E-state index in [9.17, 15) is 14.7 Å². The van der Waals surface area contributed by atoms with Crippen LogP contribution in [0.4, 0.5) is 9.80 Å². The number of carbonyl (C=O) groups is 2. The highest BCUT2D eigenvalue weighted by Crippen LogP contribution is 2.34. The third kappa shape index (κ3) is 3.06. The Bertz CT molecular complexity index is 489. The topological polar surface area (TPSA) is 95.4 Å². The molecule has 0 aliphatic carbocycles. The number of amides is 2. The molecule has 2 N–H and O–H groups in total. The number of carboxylic acids is 1. The van der Waals surface area contributed by atoms with E-state index in [1.807, 2.05) is 0 Å². The minimum Gasteiger partial charge on any atom is -0.481 e. The SMILES string of the molecule is CC(C)(C(=O)O)C1CCCN(C(=O)Nc2cnns2)C1. The largest absolute Gasteiger partial charge is 0.481 e. The molecule has 1 aliphatic heterocycles. The molecule has 110 valence electrons. The van der Waals surface area contributed by atoms with Gasteiger partial charge in [0, 0.05) is 24.6 Å². The van der Waals surface area contributed by atoms with Crippen molar-refractivity contribution in [1.82, 2.24) is 14.5 Å². The van der Waals surface area contributed by atoms with Gasteiger partial charge in [0.05, 0.1) is 11.6 Å². The second kappa shape index (κ2) is 5.74. The fourth-order valence-corrected chi connectivity index (χ4v) is 2.74. The Balaban J connectivity index is 2.00. The average molecular weight is 298 g/mol. The molecule has 1 aliphatic rings. The zero-order valence-electron chi connectivity index (χ0n) is 11.5. The lowest BCUT2D eigenvalue weighted by atomic mass is 9.74. The Labute approximate surface area is 121 Å². The molecule has 2 amide bonds. The molecule has 2 heterocycles. The highest BCUT2D eigenvalue weighted by atomic mass is 32.1. The van der Waals surface area contributed by atoms with Crippen LogP contribution in [-0.2, 0) is 4.79 Å². The van der Waals surface area contributed by atoms with E-state index in [2.05, 4.69) is 14.9 Å². The van der Waals surface area contributed by atoms with Crippen molar-refractivity contribution in [3.05, 3.63) is 6.20 Å². The Morgan fingerprint density at radius 3 is 2.90 bits per heavy atom. The van der Waals surface area contributed by atoms with Gasteiger partial charge in [-0.3, -0.25) is 10.1 Å². The minimum absolute atomic E-state index is 0.0425. The molecule has 8 heteroatoms. The van der Waals surface area contributed by atoms with Gasteiger partial charge in [-0.2, -0.15) is 0 Å². The maximum absolute atomic E-state index is 12.1.